The first kappa shape index (κ1) is 20.7. The van der Waals surface area contributed by atoms with Crippen molar-refractivity contribution in [1.82, 2.24) is 19.7 Å². The fraction of sp³-hybridized carbons (Fsp3) is 0.360. The van der Waals surface area contributed by atoms with Gasteiger partial charge in [-0.15, -0.1) is 0 Å². The van der Waals surface area contributed by atoms with Gasteiger partial charge in [-0.1, -0.05) is 6.42 Å². The first-order valence-corrected chi connectivity index (χ1v) is 11.2. The number of likely N-dealkylation sites (tertiary alicyclic amines) is 1. The lowest BCUT2D eigenvalue weighted by Gasteiger charge is -2.28. The van der Waals surface area contributed by atoms with Crippen molar-refractivity contribution in [1.29, 1.82) is 0 Å². The number of fused-ring (bicyclic) bond motifs is 1. The molecule has 1 aliphatic rings. The third-order valence-electron chi connectivity index (χ3n) is 5.93. The number of piperidine rings is 1. The van der Waals surface area contributed by atoms with E-state index in [1.165, 1.54) is 19.3 Å². The Morgan fingerprint density at radius 1 is 1.09 bits per heavy atom. The van der Waals surface area contributed by atoms with Gasteiger partial charge < -0.3 is 19.2 Å². The molecule has 0 saturated carbocycles. The molecule has 32 heavy (non-hydrogen) atoms. The summed E-state index contributed by atoms with van der Waals surface area (Å²) in [5.41, 5.74) is 4.46. The van der Waals surface area contributed by atoms with E-state index in [1.54, 1.807) is 10.9 Å². The lowest BCUT2D eigenvalue weighted by atomic mass is 10.1. The molecule has 5 rings (SSSR count). The molecule has 0 aliphatic carbocycles. The van der Waals surface area contributed by atoms with Crippen molar-refractivity contribution in [2.75, 3.05) is 26.2 Å². The Morgan fingerprint density at radius 2 is 1.91 bits per heavy atom. The Kier molecular flexibility index (Phi) is 5.92. The summed E-state index contributed by atoms with van der Waals surface area (Å²) in [7, 11) is 1.89. The lowest BCUT2D eigenvalue weighted by molar-refractivity contribution is 0.0617. The van der Waals surface area contributed by atoms with E-state index in [2.05, 4.69) is 15.0 Å². The molecule has 1 atom stereocenters. The van der Waals surface area contributed by atoms with E-state index in [9.17, 15) is 5.11 Å². The fourth-order valence-corrected chi connectivity index (χ4v) is 4.27. The van der Waals surface area contributed by atoms with Gasteiger partial charge in [0.1, 0.15) is 29.7 Å². The zero-order chi connectivity index (χ0) is 21.9. The molecule has 3 aromatic heterocycles. The number of benzene rings is 1. The van der Waals surface area contributed by atoms with E-state index >= 15 is 0 Å². The molecule has 0 amide bonds. The zero-order valence-electron chi connectivity index (χ0n) is 18.3. The zero-order valence-corrected chi connectivity index (χ0v) is 18.3. The van der Waals surface area contributed by atoms with Crippen LogP contribution >= 0.6 is 0 Å². The molecule has 1 fully saturated rings. The molecule has 0 bridgehead atoms. The number of ether oxygens (including phenoxy) is 1. The summed E-state index contributed by atoms with van der Waals surface area (Å²) in [6.45, 7) is 3.10. The van der Waals surface area contributed by atoms with Crippen molar-refractivity contribution in [2.45, 2.75) is 25.4 Å². The predicted molar refractivity (Wildman–Crippen MR) is 123 cm³/mol. The highest BCUT2D eigenvalue weighted by Crippen LogP contribution is 2.33. The van der Waals surface area contributed by atoms with E-state index in [1.807, 2.05) is 55.8 Å². The van der Waals surface area contributed by atoms with Crippen molar-refractivity contribution in [3.8, 4) is 28.2 Å². The number of aliphatic hydroxyl groups is 1. The van der Waals surface area contributed by atoms with Crippen LogP contribution in [0.3, 0.4) is 0 Å². The maximum atomic E-state index is 10.3. The summed E-state index contributed by atoms with van der Waals surface area (Å²) in [4.78, 5) is 6.77. The number of β-amino-alcohol motifs (C(OH)–C–C–N with tert-alkyl or cyclic N) is 1. The van der Waals surface area contributed by atoms with Gasteiger partial charge in [-0.05, 0) is 56.3 Å². The van der Waals surface area contributed by atoms with Gasteiger partial charge in [0.2, 0.25) is 0 Å². The van der Waals surface area contributed by atoms with Gasteiger partial charge >= 0.3 is 0 Å². The van der Waals surface area contributed by atoms with Crippen LogP contribution < -0.4 is 4.74 Å². The van der Waals surface area contributed by atoms with E-state index in [4.69, 9.17) is 9.15 Å². The van der Waals surface area contributed by atoms with Crippen molar-refractivity contribution < 1.29 is 14.3 Å². The number of pyridine rings is 1. The standard InChI is InChI=1S/C25H28N4O3/c1-28-15-19(14-27-28)22-9-10-26-23-13-24(32-25(22)23)18-5-7-21(8-6-18)31-17-20(30)16-29-11-3-2-4-12-29/h5-10,13-15,20,30H,2-4,11-12,16-17H2,1H3. The number of nitrogens with zero attached hydrogens (tertiary/aromatic N) is 4. The number of aliphatic hydroxyl groups excluding tert-OH is 1. The second kappa shape index (κ2) is 9.14. The Balaban J connectivity index is 1.26. The number of aromatic nitrogens is 3. The molecule has 1 saturated heterocycles. The average Bonchev–Trinajstić information content (AvgIpc) is 3.45. The second-order valence-corrected chi connectivity index (χ2v) is 8.44. The van der Waals surface area contributed by atoms with E-state index in [-0.39, 0.29) is 0 Å². The van der Waals surface area contributed by atoms with Crippen molar-refractivity contribution in [2.24, 2.45) is 7.05 Å². The third-order valence-corrected chi connectivity index (χ3v) is 5.93. The summed E-state index contributed by atoms with van der Waals surface area (Å²) in [6.07, 6.45) is 8.81. The number of hydrogen-bond donors (Lipinski definition) is 1. The molecule has 7 nitrogen and oxygen atoms in total. The summed E-state index contributed by atoms with van der Waals surface area (Å²) in [5, 5.41) is 14.6. The Hall–Kier alpha value is -3.16. The highest BCUT2D eigenvalue weighted by molar-refractivity contribution is 5.92. The SMILES string of the molecule is Cn1cc(-c2ccnc3cc(-c4ccc(OCC(O)CN5CCCCC5)cc4)oc23)cn1. The quantitative estimate of drug-likeness (QED) is 0.473. The van der Waals surface area contributed by atoms with E-state index in [0.717, 1.165) is 52.4 Å². The first-order valence-electron chi connectivity index (χ1n) is 11.2. The van der Waals surface area contributed by atoms with Crippen LogP contribution in [0.5, 0.6) is 5.75 Å². The molecule has 1 aliphatic heterocycles. The average molecular weight is 433 g/mol. The second-order valence-electron chi connectivity index (χ2n) is 8.44. The topological polar surface area (TPSA) is 76.6 Å². The van der Waals surface area contributed by atoms with Gasteiger partial charge in [0, 0.05) is 48.7 Å². The van der Waals surface area contributed by atoms with Gasteiger partial charge in [-0.3, -0.25) is 9.67 Å². The monoisotopic (exact) mass is 432 g/mol. The molecule has 4 heterocycles. The molecular formula is C25H28N4O3. The molecule has 7 heteroatoms. The van der Waals surface area contributed by atoms with E-state index < -0.39 is 6.10 Å². The summed E-state index contributed by atoms with van der Waals surface area (Å²) in [5.74, 6) is 1.48. The molecule has 1 unspecified atom stereocenters. The molecule has 166 valence electrons. The van der Waals surface area contributed by atoms with Crippen LogP contribution in [0.4, 0.5) is 0 Å². The molecular weight excluding hydrogens is 404 g/mol. The van der Waals surface area contributed by atoms with Gasteiger partial charge in [-0.25, -0.2) is 0 Å². The first-order chi connectivity index (χ1) is 15.7. The van der Waals surface area contributed by atoms with Crippen LogP contribution in [0.1, 0.15) is 19.3 Å². The van der Waals surface area contributed by atoms with Crippen LogP contribution in [-0.4, -0.2) is 57.1 Å². The lowest BCUT2D eigenvalue weighted by Crippen LogP contribution is -2.38. The maximum absolute atomic E-state index is 10.3. The molecule has 0 radical (unpaired) electrons. The Labute approximate surface area is 187 Å². The normalized spacial score (nSPS) is 15.8. The minimum atomic E-state index is -0.486. The third kappa shape index (κ3) is 4.54. The highest BCUT2D eigenvalue weighted by Gasteiger charge is 2.16. The van der Waals surface area contributed by atoms with Crippen LogP contribution in [0.25, 0.3) is 33.6 Å². The van der Waals surface area contributed by atoms with Crippen molar-refractivity contribution in [3.63, 3.8) is 0 Å². The molecule has 1 aromatic carbocycles. The maximum Gasteiger partial charge on any atom is 0.161 e. The van der Waals surface area contributed by atoms with Gasteiger partial charge in [-0.2, -0.15) is 5.10 Å². The number of rotatable bonds is 7. The predicted octanol–water partition coefficient (Wildman–Crippen LogP) is 4.12. The molecule has 4 aromatic rings. The van der Waals surface area contributed by atoms with Gasteiger partial charge in [0.15, 0.2) is 5.58 Å². The number of furan rings is 1. The van der Waals surface area contributed by atoms with E-state index in [0.29, 0.717) is 13.2 Å². The van der Waals surface area contributed by atoms with Crippen LogP contribution in [0.15, 0.2) is 59.4 Å². The van der Waals surface area contributed by atoms with Crippen LogP contribution in [0, 0.1) is 0 Å². The summed E-state index contributed by atoms with van der Waals surface area (Å²) >= 11 is 0. The molecule has 1 N–H and O–H groups in total. The van der Waals surface area contributed by atoms with Gasteiger partial charge in [0.25, 0.3) is 0 Å². The summed E-state index contributed by atoms with van der Waals surface area (Å²) in [6, 6.07) is 11.6. The number of aryl methyl sites for hydroxylation is 1. The van der Waals surface area contributed by atoms with Gasteiger partial charge in [0.05, 0.1) is 6.20 Å². The van der Waals surface area contributed by atoms with Crippen molar-refractivity contribution in [3.05, 3.63) is 55.0 Å². The molecule has 0 spiro atoms. The Morgan fingerprint density at radius 3 is 2.66 bits per heavy atom. The highest BCUT2D eigenvalue weighted by atomic mass is 16.5. The number of hydrogen-bond acceptors (Lipinski definition) is 6. The minimum absolute atomic E-state index is 0.291. The smallest absolute Gasteiger partial charge is 0.161 e. The van der Waals surface area contributed by atoms with Crippen LogP contribution in [-0.2, 0) is 7.05 Å². The fourth-order valence-electron chi connectivity index (χ4n) is 4.27. The summed E-state index contributed by atoms with van der Waals surface area (Å²) < 4.78 is 13.8. The largest absolute Gasteiger partial charge is 0.491 e. The minimum Gasteiger partial charge on any atom is -0.491 e. The van der Waals surface area contributed by atoms with Crippen LogP contribution in [0.2, 0.25) is 0 Å². The Bertz CT molecular complexity index is 1180. The van der Waals surface area contributed by atoms with Crippen molar-refractivity contribution >= 4 is 11.1 Å².